The van der Waals surface area contributed by atoms with Gasteiger partial charge in [0.25, 0.3) is 5.22 Å². The molecule has 0 saturated heterocycles. The first kappa shape index (κ1) is 23.3. The van der Waals surface area contributed by atoms with Gasteiger partial charge in [-0.25, -0.2) is 17.7 Å². The van der Waals surface area contributed by atoms with E-state index in [1.54, 1.807) is 6.07 Å². The predicted molar refractivity (Wildman–Crippen MR) is 123 cm³/mol. The van der Waals surface area contributed by atoms with E-state index in [4.69, 9.17) is 4.42 Å². The average Bonchev–Trinajstić information content (AvgIpc) is 3.14. The summed E-state index contributed by atoms with van der Waals surface area (Å²) in [6.45, 7) is 4.88. The SMILES string of the molecule is CC(C)c1ccc(CCNC(=O)CSc2nc3cc(S(=O)(=O)N(C)C)ccc3o2)cc1. The minimum absolute atomic E-state index is 0.109. The van der Waals surface area contributed by atoms with Gasteiger partial charge in [0.1, 0.15) is 5.52 Å². The monoisotopic (exact) mass is 461 g/mol. The van der Waals surface area contributed by atoms with E-state index in [1.807, 2.05) is 0 Å². The van der Waals surface area contributed by atoms with E-state index in [0.717, 1.165) is 10.7 Å². The van der Waals surface area contributed by atoms with E-state index < -0.39 is 10.0 Å². The van der Waals surface area contributed by atoms with Gasteiger partial charge in [0, 0.05) is 20.6 Å². The van der Waals surface area contributed by atoms with Crippen molar-refractivity contribution in [3.8, 4) is 0 Å². The molecule has 0 unspecified atom stereocenters. The summed E-state index contributed by atoms with van der Waals surface area (Å²) in [6.07, 6.45) is 0.765. The molecule has 0 saturated carbocycles. The molecule has 0 aliphatic carbocycles. The van der Waals surface area contributed by atoms with E-state index in [1.165, 1.54) is 49.1 Å². The second-order valence-corrected chi connectivity index (χ2v) is 10.8. The Hall–Kier alpha value is -2.36. The lowest BCUT2D eigenvalue weighted by molar-refractivity contribution is -0.118. The molecule has 1 aromatic heterocycles. The van der Waals surface area contributed by atoms with Crippen LogP contribution in [0.15, 0.2) is 57.0 Å². The van der Waals surface area contributed by atoms with Crippen LogP contribution in [0.25, 0.3) is 11.1 Å². The highest BCUT2D eigenvalue weighted by molar-refractivity contribution is 7.99. The molecule has 0 aliphatic rings. The summed E-state index contributed by atoms with van der Waals surface area (Å²) in [7, 11) is -0.594. The first-order chi connectivity index (χ1) is 14.7. The Morgan fingerprint density at radius 3 is 2.52 bits per heavy atom. The molecule has 166 valence electrons. The highest BCUT2D eigenvalue weighted by atomic mass is 32.2. The van der Waals surface area contributed by atoms with E-state index in [9.17, 15) is 13.2 Å². The van der Waals surface area contributed by atoms with Crippen molar-refractivity contribution in [2.45, 2.75) is 36.3 Å². The summed E-state index contributed by atoms with van der Waals surface area (Å²) in [4.78, 5) is 16.6. The molecule has 1 heterocycles. The molecule has 1 N–H and O–H groups in total. The second kappa shape index (κ2) is 9.84. The van der Waals surface area contributed by atoms with Gasteiger partial charge in [0.15, 0.2) is 5.58 Å². The van der Waals surface area contributed by atoms with Crippen LogP contribution in [0.4, 0.5) is 0 Å². The lowest BCUT2D eigenvalue weighted by Gasteiger charge is -2.10. The largest absolute Gasteiger partial charge is 0.431 e. The average molecular weight is 462 g/mol. The molecule has 31 heavy (non-hydrogen) atoms. The van der Waals surface area contributed by atoms with Crippen LogP contribution in [-0.2, 0) is 21.2 Å². The third-order valence-electron chi connectivity index (χ3n) is 4.83. The molecule has 0 bridgehead atoms. The lowest BCUT2D eigenvalue weighted by Crippen LogP contribution is -2.27. The van der Waals surface area contributed by atoms with Crippen molar-refractivity contribution in [2.75, 3.05) is 26.4 Å². The van der Waals surface area contributed by atoms with Gasteiger partial charge in [-0.05, 0) is 41.7 Å². The van der Waals surface area contributed by atoms with Crippen LogP contribution in [-0.4, -0.2) is 50.0 Å². The van der Waals surface area contributed by atoms with Gasteiger partial charge in [-0.3, -0.25) is 4.79 Å². The zero-order chi connectivity index (χ0) is 22.6. The van der Waals surface area contributed by atoms with Gasteiger partial charge < -0.3 is 9.73 Å². The third kappa shape index (κ3) is 5.87. The number of rotatable bonds is 9. The van der Waals surface area contributed by atoms with Crippen LogP contribution in [0.1, 0.15) is 30.9 Å². The Labute approximate surface area is 187 Å². The number of sulfonamides is 1. The minimum atomic E-state index is -3.54. The van der Waals surface area contributed by atoms with Crippen molar-refractivity contribution < 1.29 is 17.6 Å². The van der Waals surface area contributed by atoms with E-state index in [2.05, 4.69) is 48.4 Å². The number of hydrogen-bond donors (Lipinski definition) is 1. The Kier molecular flexibility index (Phi) is 7.40. The molecule has 0 atom stereocenters. The van der Waals surface area contributed by atoms with Crippen LogP contribution >= 0.6 is 11.8 Å². The Morgan fingerprint density at radius 2 is 1.87 bits per heavy atom. The van der Waals surface area contributed by atoms with Crippen molar-refractivity contribution >= 4 is 38.8 Å². The summed E-state index contributed by atoms with van der Waals surface area (Å²) in [5.74, 6) is 0.561. The van der Waals surface area contributed by atoms with Crippen molar-refractivity contribution in [1.82, 2.24) is 14.6 Å². The Bertz CT molecular complexity index is 1150. The lowest BCUT2D eigenvalue weighted by atomic mass is 10.0. The molecular formula is C22H27N3O4S2. The smallest absolute Gasteiger partial charge is 0.257 e. The Morgan fingerprint density at radius 1 is 1.16 bits per heavy atom. The molecule has 3 rings (SSSR count). The quantitative estimate of drug-likeness (QED) is 0.489. The third-order valence-corrected chi connectivity index (χ3v) is 7.47. The van der Waals surface area contributed by atoms with Crippen LogP contribution in [0, 0.1) is 0 Å². The number of amides is 1. The highest BCUT2D eigenvalue weighted by Gasteiger charge is 2.19. The van der Waals surface area contributed by atoms with Crippen molar-refractivity contribution in [3.63, 3.8) is 0 Å². The highest BCUT2D eigenvalue weighted by Crippen LogP contribution is 2.26. The number of aromatic nitrogens is 1. The normalized spacial score (nSPS) is 12.1. The van der Waals surface area contributed by atoms with E-state index in [-0.39, 0.29) is 16.6 Å². The second-order valence-electron chi connectivity index (χ2n) is 7.68. The molecule has 0 fully saturated rings. The van der Waals surface area contributed by atoms with Gasteiger partial charge in [-0.15, -0.1) is 0 Å². The maximum Gasteiger partial charge on any atom is 0.257 e. The maximum atomic E-state index is 12.3. The fraction of sp³-hybridized carbons (Fsp3) is 0.364. The zero-order valence-electron chi connectivity index (χ0n) is 18.1. The first-order valence-corrected chi connectivity index (χ1v) is 12.4. The summed E-state index contributed by atoms with van der Waals surface area (Å²) in [6, 6.07) is 13.0. The molecule has 2 aromatic carbocycles. The summed E-state index contributed by atoms with van der Waals surface area (Å²) >= 11 is 1.18. The number of carbonyl (C=O) groups is 1. The summed E-state index contributed by atoms with van der Waals surface area (Å²) in [5, 5.41) is 3.23. The molecule has 0 aliphatic heterocycles. The zero-order valence-corrected chi connectivity index (χ0v) is 19.7. The molecule has 0 spiro atoms. The number of carbonyl (C=O) groups excluding carboxylic acids is 1. The van der Waals surface area contributed by atoms with Gasteiger partial charge >= 0.3 is 0 Å². The fourth-order valence-electron chi connectivity index (χ4n) is 2.91. The number of nitrogens with zero attached hydrogens (tertiary/aromatic N) is 2. The molecule has 9 heteroatoms. The molecule has 1 amide bonds. The molecule has 7 nitrogen and oxygen atoms in total. The van der Waals surface area contributed by atoms with Crippen molar-refractivity contribution in [3.05, 3.63) is 53.6 Å². The molecular weight excluding hydrogens is 434 g/mol. The van der Waals surface area contributed by atoms with Gasteiger partial charge in [0.05, 0.1) is 10.6 Å². The van der Waals surface area contributed by atoms with Crippen LogP contribution in [0.3, 0.4) is 0 Å². The fourth-order valence-corrected chi connectivity index (χ4v) is 4.50. The standard InChI is InChI=1S/C22H27N3O4S2/c1-15(2)17-7-5-16(6-8-17)11-12-23-21(26)14-30-22-24-19-13-18(9-10-20(19)29-22)31(27,28)25(3)4/h5-10,13,15H,11-12,14H2,1-4H3,(H,23,26). The molecule has 3 aromatic rings. The number of hydrogen-bond acceptors (Lipinski definition) is 6. The number of nitrogens with one attached hydrogen (secondary N) is 1. The minimum Gasteiger partial charge on any atom is -0.431 e. The van der Waals surface area contributed by atoms with Crippen LogP contribution in [0.2, 0.25) is 0 Å². The number of thioether (sulfide) groups is 1. The number of benzene rings is 2. The topological polar surface area (TPSA) is 92.5 Å². The van der Waals surface area contributed by atoms with E-state index >= 15 is 0 Å². The van der Waals surface area contributed by atoms with Crippen LogP contribution < -0.4 is 5.32 Å². The summed E-state index contributed by atoms with van der Waals surface area (Å²) in [5.41, 5.74) is 3.40. The van der Waals surface area contributed by atoms with Gasteiger partial charge in [0.2, 0.25) is 15.9 Å². The number of fused-ring (bicyclic) bond motifs is 1. The Balaban J connectivity index is 1.51. The molecule has 0 radical (unpaired) electrons. The van der Waals surface area contributed by atoms with Crippen molar-refractivity contribution in [2.24, 2.45) is 0 Å². The van der Waals surface area contributed by atoms with Crippen LogP contribution in [0.5, 0.6) is 0 Å². The predicted octanol–water partition coefficient (Wildman–Crippen LogP) is 3.65. The van der Waals surface area contributed by atoms with Gasteiger partial charge in [-0.1, -0.05) is 49.9 Å². The summed E-state index contributed by atoms with van der Waals surface area (Å²) < 4.78 is 31.3. The first-order valence-electron chi connectivity index (χ1n) is 9.98. The maximum absolute atomic E-state index is 12.3. The van der Waals surface area contributed by atoms with Gasteiger partial charge in [-0.2, -0.15) is 0 Å². The van der Waals surface area contributed by atoms with E-state index in [0.29, 0.717) is 28.8 Å². The number of oxazole rings is 1. The van der Waals surface area contributed by atoms with Crippen molar-refractivity contribution in [1.29, 1.82) is 0 Å².